The van der Waals surface area contributed by atoms with E-state index in [0.717, 1.165) is 21.9 Å². The van der Waals surface area contributed by atoms with Crippen LogP contribution in [0.25, 0.3) is 10.8 Å². The maximum absolute atomic E-state index is 13.7. The number of ether oxygens (including phenoxy) is 1. The predicted molar refractivity (Wildman–Crippen MR) is 144 cm³/mol. The van der Waals surface area contributed by atoms with Gasteiger partial charge in [-0.25, -0.2) is 0 Å². The van der Waals surface area contributed by atoms with Crippen molar-refractivity contribution in [3.63, 3.8) is 0 Å². The summed E-state index contributed by atoms with van der Waals surface area (Å²) >= 11 is 6.45. The largest absolute Gasteiger partial charge is 0.483 e. The van der Waals surface area contributed by atoms with Crippen molar-refractivity contribution in [3.8, 4) is 5.75 Å². The van der Waals surface area contributed by atoms with Gasteiger partial charge in [0, 0.05) is 29.9 Å². The highest BCUT2D eigenvalue weighted by Gasteiger charge is 2.31. The molecule has 1 N–H and O–H groups in total. The average molecular weight is 501 g/mol. The molecule has 0 spiro atoms. The van der Waals surface area contributed by atoms with Crippen LogP contribution in [0.1, 0.15) is 18.1 Å². The molecular formula is C30H29ClN2O3. The van der Waals surface area contributed by atoms with Crippen LogP contribution < -0.4 is 10.1 Å². The minimum absolute atomic E-state index is 0.187. The van der Waals surface area contributed by atoms with Gasteiger partial charge in [0.05, 0.1) is 0 Å². The minimum Gasteiger partial charge on any atom is -0.483 e. The Morgan fingerprint density at radius 2 is 1.58 bits per heavy atom. The number of hydrogen-bond acceptors (Lipinski definition) is 3. The van der Waals surface area contributed by atoms with Crippen molar-refractivity contribution in [1.29, 1.82) is 0 Å². The Hall–Kier alpha value is -3.83. The van der Waals surface area contributed by atoms with Gasteiger partial charge >= 0.3 is 0 Å². The van der Waals surface area contributed by atoms with Gasteiger partial charge in [0.25, 0.3) is 5.91 Å². The third-order valence-corrected chi connectivity index (χ3v) is 6.39. The van der Waals surface area contributed by atoms with Crippen LogP contribution in [0.15, 0.2) is 97.1 Å². The summed E-state index contributed by atoms with van der Waals surface area (Å²) < 4.78 is 6.01. The first-order chi connectivity index (χ1) is 17.6. The lowest BCUT2D eigenvalue weighted by Crippen LogP contribution is -2.51. The Labute approximate surface area is 216 Å². The molecule has 0 saturated heterocycles. The Bertz CT molecular complexity index is 1320. The number of hydrogen-bond donors (Lipinski definition) is 1. The van der Waals surface area contributed by atoms with Gasteiger partial charge in [-0.15, -0.1) is 0 Å². The lowest BCUT2D eigenvalue weighted by molar-refractivity contribution is -0.142. The molecule has 0 fully saturated rings. The van der Waals surface area contributed by atoms with Crippen LogP contribution in [0.4, 0.5) is 0 Å². The van der Waals surface area contributed by atoms with Gasteiger partial charge in [0.1, 0.15) is 11.8 Å². The maximum Gasteiger partial charge on any atom is 0.261 e. The first kappa shape index (κ1) is 25.3. The third kappa shape index (κ3) is 6.23. The zero-order chi connectivity index (χ0) is 25.3. The molecule has 184 valence electrons. The second-order valence-electron chi connectivity index (χ2n) is 8.48. The Morgan fingerprint density at radius 1 is 0.889 bits per heavy atom. The normalized spacial score (nSPS) is 11.6. The molecule has 0 aliphatic heterocycles. The SMILES string of the molecule is CCNC(=O)[C@@H](Cc1ccccc1)N(Cc1ccccc1Cl)C(=O)COc1cccc2ccccc12. The van der Waals surface area contributed by atoms with E-state index in [4.69, 9.17) is 16.3 Å². The number of amides is 2. The fourth-order valence-corrected chi connectivity index (χ4v) is 4.40. The second kappa shape index (κ2) is 12.2. The summed E-state index contributed by atoms with van der Waals surface area (Å²) in [4.78, 5) is 28.5. The van der Waals surface area contributed by atoms with Crippen molar-refractivity contribution < 1.29 is 14.3 Å². The zero-order valence-corrected chi connectivity index (χ0v) is 20.9. The quantitative estimate of drug-likeness (QED) is 0.306. The lowest BCUT2D eigenvalue weighted by atomic mass is 10.0. The maximum atomic E-state index is 13.7. The number of halogens is 1. The summed E-state index contributed by atoms with van der Waals surface area (Å²) in [6.45, 7) is 2.31. The molecule has 5 nitrogen and oxygen atoms in total. The smallest absolute Gasteiger partial charge is 0.261 e. The van der Waals surface area contributed by atoms with E-state index in [-0.39, 0.29) is 25.0 Å². The van der Waals surface area contributed by atoms with Crippen LogP contribution in [-0.2, 0) is 22.6 Å². The van der Waals surface area contributed by atoms with Gasteiger partial charge in [0.15, 0.2) is 6.61 Å². The van der Waals surface area contributed by atoms with Crippen LogP contribution >= 0.6 is 11.6 Å². The molecule has 36 heavy (non-hydrogen) atoms. The highest BCUT2D eigenvalue weighted by atomic mass is 35.5. The van der Waals surface area contributed by atoms with Crippen molar-refractivity contribution in [2.75, 3.05) is 13.2 Å². The Kier molecular flexibility index (Phi) is 8.58. The second-order valence-corrected chi connectivity index (χ2v) is 8.89. The molecule has 0 aliphatic rings. The van der Waals surface area contributed by atoms with Crippen LogP contribution in [0.5, 0.6) is 5.75 Å². The number of nitrogens with zero attached hydrogens (tertiary/aromatic N) is 1. The molecule has 0 aromatic heterocycles. The van der Waals surface area contributed by atoms with Crippen LogP contribution in [-0.4, -0.2) is 35.9 Å². The molecule has 0 aliphatic carbocycles. The number of likely N-dealkylation sites (N-methyl/N-ethyl adjacent to an activating group) is 1. The number of rotatable bonds is 10. The molecular weight excluding hydrogens is 472 g/mol. The molecule has 1 atom stereocenters. The van der Waals surface area contributed by atoms with E-state index in [0.29, 0.717) is 23.7 Å². The average Bonchev–Trinajstić information content (AvgIpc) is 2.91. The van der Waals surface area contributed by atoms with E-state index in [9.17, 15) is 9.59 Å². The molecule has 4 aromatic carbocycles. The highest BCUT2D eigenvalue weighted by molar-refractivity contribution is 6.31. The summed E-state index contributed by atoms with van der Waals surface area (Å²) in [5.74, 6) is 0.110. The Balaban J connectivity index is 1.64. The predicted octanol–water partition coefficient (Wildman–Crippen LogP) is 5.65. The van der Waals surface area contributed by atoms with Crippen LogP contribution in [0, 0.1) is 0 Å². The first-order valence-corrected chi connectivity index (χ1v) is 12.4. The number of carbonyl (C=O) groups excluding carboxylic acids is 2. The van der Waals surface area contributed by atoms with E-state index < -0.39 is 6.04 Å². The Morgan fingerprint density at radius 3 is 2.36 bits per heavy atom. The van der Waals surface area contributed by atoms with Crippen molar-refractivity contribution in [1.82, 2.24) is 10.2 Å². The van der Waals surface area contributed by atoms with Crippen molar-refractivity contribution in [3.05, 3.63) is 113 Å². The van der Waals surface area contributed by atoms with E-state index >= 15 is 0 Å². The highest BCUT2D eigenvalue weighted by Crippen LogP contribution is 2.26. The fourth-order valence-electron chi connectivity index (χ4n) is 4.20. The standard InChI is InChI=1S/C30H29ClN2O3/c1-2-32-30(35)27(19-22-11-4-3-5-12-22)33(20-24-14-7-9-17-26(24)31)29(34)21-36-28-18-10-15-23-13-6-8-16-25(23)28/h3-18,27H,2,19-21H2,1H3,(H,32,35)/t27-/m1/s1. The number of nitrogens with one attached hydrogen (secondary N) is 1. The van der Waals surface area contributed by atoms with Crippen LogP contribution in [0.2, 0.25) is 5.02 Å². The topological polar surface area (TPSA) is 58.6 Å². The van der Waals surface area contributed by atoms with Gasteiger partial charge < -0.3 is 15.0 Å². The van der Waals surface area contributed by atoms with Crippen molar-refractivity contribution in [2.24, 2.45) is 0 Å². The summed E-state index contributed by atoms with van der Waals surface area (Å²) in [6.07, 6.45) is 0.372. The summed E-state index contributed by atoms with van der Waals surface area (Å²) in [5.41, 5.74) is 1.72. The summed E-state index contributed by atoms with van der Waals surface area (Å²) in [7, 11) is 0. The molecule has 0 saturated carbocycles. The lowest BCUT2D eigenvalue weighted by Gasteiger charge is -2.31. The van der Waals surface area contributed by atoms with E-state index in [1.807, 2.05) is 97.9 Å². The van der Waals surface area contributed by atoms with Gasteiger partial charge in [-0.3, -0.25) is 9.59 Å². The molecule has 0 bridgehead atoms. The zero-order valence-electron chi connectivity index (χ0n) is 20.2. The molecule has 2 amide bonds. The molecule has 6 heteroatoms. The number of carbonyl (C=O) groups is 2. The first-order valence-electron chi connectivity index (χ1n) is 12.0. The third-order valence-electron chi connectivity index (χ3n) is 6.02. The van der Waals surface area contributed by atoms with Gasteiger partial charge in [0.2, 0.25) is 5.91 Å². The van der Waals surface area contributed by atoms with Crippen molar-refractivity contribution in [2.45, 2.75) is 25.9 Å². The summed E-state index contributed by atoms with van der Waals surface area (Å²) in [6, 6.07) is 29.9. The molecule has 4 aromatic rings. The van der Waals surface area contributed by atoms with E-state index in [2.05, 4.69) is 5.32 Å². The number of fused-ring (bicyclic) bond motifs is 1. The van der Waals surface area contributed by atoms with Crippen LogP contribution in [0.3, 0.4) is 0 Å². The molecule has 0 unspecified atom stereocenters. The van der Waals surface area contributed by atoms with Gasteiger partial charge in [-0.05, 0) is 35.6 Å². The monoisotopic (exact) mass is 500 g/mol. The molecule has 0 heterocycles. The van der Waals surface area contributed by atoms with Gasteiger partial charge in [-0.1, -0.05) is 96.5 Å². The summed E-state index contributed by atoms with van der Waals surface area (Å²) in [5, 5.41) is 5.39. The van der Waals surface area contributed by atoms with E-state index in [1.54, 1.807) is 11.0 Å². The van der Waals surface area contributed by atoms with Crippen molar-refractivity contribution >= 4 is 34.2 Å². The molecule has 4 rings (SSSR count). The van der Waals surface area contributed by atoms with Gasteiger partial charge in [-0.2, -0.15) is 0 Å². The number of benzene rings is 4. The minimum atomic E-state index is -0.729. The fraction of sp³-hybridized carbons (Fsp3) is 0.200. The molecule has 0 radical (unpaired) electrons. The van der Waals surface area contributed by atoms with E-state index in [1.165, 1.54) is 0 Å².